The molecule has 0 rings (SSSR count). The van der Waals surface area contributed by atoms with E-state index in [9.17, 15) is 38.4 Å². The van der Waals surface area contributed by atoms with E-state index in [0.29, 0.717) is 106 Å². The summed E-state index contributed by atoms with van der Waals surface area (Å²) in [5, 5.41) is 8.45. The molecular weight excluding hydrogens is 1210 g/mol. The Hall–Kier alpha value is -3.19. The molecule has 498 valence electrons. The predicted octanol–water partition coefficient (Wildman–Crippen LogP) is 9.79. The molecule has 0 heterocycles. The first kappa shape index (κ1) is 82.8. The van der Waals surface area contributed by atoms with Crippen molar-refractivity contribution in [3.05, 3.63) is 24.3 Å². The number of Topliss-reactive ketones (excluding diaryl/α,β-unsaturated/α-hetero) is 1. The summed E-state index contributed by atoms with van der Waals surface area (Å²) in [5.74, 6) is -0.959. The van der Waals surface area contributed by atoms with Gasteiger partial charge in [-0.1, -0.05) is 33.9 Å². The maximum Gasteiger partial charge on any atom is 0.333 e. The number of nitrogens with one attached hydrogen (secondary N) is 3. The van der Waals surface area contributed by atoms with Crippen molar-refractivity contribution in [2.45, 2.75) is 208 Å². The van der Waals surface area contributed by atoms with Gasteiger partial charge in [-0.05, 0) is 160 Å². The fraction of sp³-hybridized carbons (Fsp3) is 0.800. The summed E-state index contributed by atoms with van der Waals surface area (Å²) in [4.78, 5) is 99.5. The zero-order chi connectivity index (χ0) is 65.7. The van der Waals surface area contributed by atoms with Gasteiger partial charge in [-0.2, -0.15) is 23.5 Å². The smallest absolute Gasteiger partial charge is 0.333 e. The molecule has 0 saturated carbocycles. The maximum absolute atomic E-state index is 13.3. The van der Waals surface area contributed by atoms with Gasteiger partial charge >= 0.3 is 23.9 Å². The zero-order valence-corrected chi connectivity index (χ0v) is 61.3. The summed E-state index contributed by atoms with van der Waals surface area (Å²) >= 11 is 3.06. The molecule has 0 radical (unpaired) electrons. The third-order valence-corrected chi connectivity index (χ3v) is 30.8. The predicted molar refractivity (Wildman–Crippen MR) is 354 cm³/mol. The molecule has 26 heteroatoms. The Morgan fingerprint density at radius 3 is 1.28 bits per heavy atom. The number of hydrogen-bond donors (Lipinski definition) is 3. The molecule has 0 aromatic carbocycles. The summed E-state index contributed by atoms with van der Waals surface area (Å²) in [6.45, 7) is 42.7. The summed E-state index contributed by atoms with van der Waals surface area (Å²) in [6, 6.07) is 1.70. The van der Waals surface area contributed by atoms with Crippen LogP contribution in [0.1, 0.15) is 107 Å². The van der Waals surface area contributed by atoms with E-state index in [-0.39, 0.29) is 96.9 Å². The van der Waals surface area contributed by atoms with E-state index in [1.165, 1.54) is 25.6 Å². The summed E-state index contributed by atoms with van der Waals surface area (Å²) in [7, 11) is -7.96. The lowest BCUT2D eigenvalue weighted by Crippen LogP contribution is -2.49. The van der Waals surface area contributed by atoms with Crippen molar-refractivity contribution >= 4 is 104 Å². The van der Waals surface area contributed by atoms with Gasteiger partial charge in [0.2, 0.25) is 17.7 Å². The molecule has 0 saturated heterocycles. The fourth-order valence-electron chi connectivity index (χ4n) is 9.01. The van der Waals surface area contributed by atoms with Crippen molar-refractivity contribution < 1.29 is 79.7 Å². The van der Waals surface area contributed by atoms with Gasteiger partial charge in [-0.25, -0.2) is 9.59 Å². The van der Waals surface area contributed by atoms with Gasteiger partial charge in [0.05, 0.1) is 76.8 Å². The Balaban J connectivity index is 4.53. The molecule has 3 N–H and O–H groups in total. The molecule has 86 heavy (non-hydrogen) atoms. The van der Waals surface area contributed by atoms with Gasteiger partial charge in [0.15, 0.2) is 39.1 Å². The molecule has 3 amide bonds. The van der Waals surface area contributed by atoms with Crippen molar-refractivity contribution in [1.29, 1.82) is 0 Å². The molecule has 0 aliphatic carbocycles. The van der Waals surface area contributed by atoms with E-state index in [0.717, 1.165) is 37.0 Å². The first-order valence-electron chi connectivity index (χ1n) is 30.7. The van der Waals surface area contributed by atoms with Crippen LogP contribution in [0.2, 0.25) is 76.6 Å². The van der Waals surface area contributed by atoms with Crippen molar-refractivity contribution in [3.63, 3.8) is 0 Å². The monoisotopic (exact) mass is 1320 g/mol. The average Bonchev–Trinajstić information content (AvgIpc) is 3.50. The third kappa shape index (κ3) is 43.5. The molecule has 7 unspecified atom stereocenters. The molecule has 0 aromatic rings. The number of carbonyl (C=O) groups excluding carboxylic acids is 8. The second-order valence-electron chi connectivity index (χ2n) is 25.3. The van der Waals surface area contributed by atoms with Gasteiger partial charge in [-0.15, -0.1) is 0 Å². The Bertz CT molecular complexity index is 2110. The molecule has 20 nitrogen and oxygen atoms in total. The maximum atomic E-state index is 13.3. The minimum Gasteiger partial charge on any atom is -0.465 e. The number of hydrogen-bond acceptors (Lipinski definition) is 19. The van der Waals surface area contributed by atoms with Crippen LogP contribution in [0.4, 0.5) is 0 Å². The standard InChI is InChI=1S/C60H113N3O17S2Si4/c1-44(2)57(68)75-26-20-34-83(12,13)79-85(16,17)36-22-28-77-59(70)47(6)42-81-32-24-53(62-51(10)64)55(66)38-46(5)39-73-41-50(9)74-31-30-72-40-49(8)61-56(67)54(63-52(11)65)25-33-82-43-48(7)60(71)78-29-23-37-86(18,19)80-84(14,15)35-21-27-76-58(69)45(3)4/h46-50,53-54H,1,3,20-43H2,2,4-19H3,(H,61,67)(H,62,64)(H,63,65). The molecule has 0 aromatic heterocycles. The van der Waals surface area contributed by atoms with E-state index in [2.05, 4.69) is 81.5 Å². The molecule has 0 aliphatic rings. The van der Waals surface area contributed by atoms with Crippen molar-refractivity contribution in [2.24, 2.45) is 17.8 Å². The molecule has 0 bridgehead atoms. The normalized spacial score (nSPS) is 14.5. The van der Waals surface area contributed by atoms with Crippen LogP contribution in [0.3, 0.4) is 0 Å². The summed E-state index contributed by atoms with van der Waals surface area (Å²) in [5.41, 5.74) is 0.776. The van der Waals surface area contributed by atoms with E-state index >= 15 is 0 Å². The lowest BCUT2D eigenvalue weighted by atomic mass is 9.99. The van der Waals surface area contributed by atoms with Crippen LogP contribution in [-0.2, 0) is 79.7 Å². The average molecular weight is 1330 g/mol. The van der Waals surface area contributed by atoms with Crippen LogP contribution in [0, 0.1) is 17.8 Å². The third-order valence-electron chi connectivity index (χ3n) is 13.2. The van der Waals surface area contributed by atoms with Gasteiger partial charge in [0.1, 0.15) is 6.04 Å². The lowest BCUT2D eigenvalue weighted by Gasteiger charge is -2.34. The molecular formula is C60H113N3O17S2Si4. The van der Waals surface area contributed by atoms with Crippen LogP contribution >= 0.6 is 23.5 Å². The highest BCUT2D eigenvalue weighted by atomic mass is 32.2. The van der Waals surface area contributed by atoms with Crippen LogP contribution in [0.5, 0.6) is 0 Å². The van der Waals surface area contributed by atoms with Gasteiger partial charge in [0.25, 0.3) is 0 Å². The van der Waals surface area contributed by atoms with Gasteiger partial charge < -0.3 is 57.3 Å². The van der Waals surface area contributed by atoms with E-state index < -0.39 is 45.4 Å². The topological polar surface area (TPSA) is 256 Å². The number of carbonyl (C=O) groups is 8. The van der Waals surface area contributed by atoms with E-state index in [1.807, 2.05) is 34.6 Å². The second-order valence-corrected chi connectivity index (χ2v) is 45.3. The van der Waals surface area contributed by atoms with Gasteiger partial charge in [0, 0.05) is 55.6 Å². The van der Waals surface area contributed by atoms with Crippen LogP contribution in [-0.4, -0.2) is 187 Å². The van der Waals surface area contributed by atoms with Crippen LogP contribution < -0.4 is 16.0 Å². The number of ketones is 1. The first-order chi connectivity index (χ1) is 40.0. The number of amides is 3. The molecule has 7 atom stereocenters. The first-order valence-corrected chi connectivity index (χ1v) is 45.4. The highest BCUT2D eigenvalue weighted by Gasteiger charge is 2.34. The minimum absolute atomic E-state index is 0.0822. The number of esters is 4. The minimum atomic E-state index is -2.01. The Labute approximate surface area is 529 Å². The SMILES string of the molecule is C=C(C)C(=O)OCCC[Si](C)(C)O[Si](C)(C)CCCOC(=O)C(C)CSCCC(NC(C)=O)C(=O)CC(C)COCC(C)OCCOCC(C)NC(=O)C(CCSCC(C)C(=O)OCCC[Si](C)(C)O[Si](C)(C)CCCOC(=O)C(=C)C)NC(C)=O. The Kier molecular flexibility index (Phi) is 42.7. The largest absolute Gasteiger partial charge is 0.465 e. The molecule has 0 aliphatic heterocycles. The fourth-order valence-corrected chi connectivity index (χ4v) is 28.7. The van der Waals surface area contributed by atoms with Gasteiger partial charge in [-0.3, -0.25) is 28.8 Å². The highest BCUT2D eigenvalue weighted by molar-refractivity contribution is 7.99. The number of thioether (sulfide) groups is 2. The Morgan fingerprint density at radius 1 is 0.477 bits per heavy atom. The zero-order valence-electron chi connectivity index (χ0n) is 55.7. The van der Waals surface area contributed by atoms with Crippen molar-refractivity contribution in [3.8, 4) is 0 Å². The lowest BCUT2D eigenvalue weighted by molar-refractivity contribution is -0.148. The van der Waals surface area contributed by atoms with Crippen molar-refractivity contribution in [1.82, 2.24) is 16.0 Å². The Morgan fingerprint density at radius 2 is 0.872 bits per heavy atom. The van der Waals surface area contributed by atoms with Crippen LogP contribution in [0.25, 0.3) is 0 Å². The molecule has 0 spiro atoms. The second kappa shape index (κ2) is 44.3. The van der Waals surface area contributed by atoms with Crippen LogP contribution in [0.15, 0.2) is 24.3 Å². The van der Waals surface area contributed by atoms with E-state index in [1.54, 1.807) is 25.6 Å². The van der Waals surface area contributed by atoms with Crippen molar-refractivity contribution in [2.75, 3.05) is 82.5 Å². The quantitative estimate of drug-likeness (QED) is 0.0168. The van der Waals surface area contributed by atoms with E-state index in [4.69, 9.17) is 41.4 Å². The number of ether oxygens (including phenoxy) is 7. The summed E-state index contributed by atoms with van der Waals surface area (Å²) < 4.78 is 52.5. The number of rotatable bonds is 51. The summed E-state index contributed by atoms with van der Waals surface area (Å²) in [6.07, 6.45) is 3.68. The highest BCUT2D eigenvalue weighted by Crippen LogP contribution is 2.26. The molecule has 0 fully saturated rings.